The van der Waals surface area contributed by atoms with E-state index in [1.807, 2.05) is 11.5 Å². The topological polar surface area (TPSA) is 84.4 Å². The molecule has 1 amide bonds. The minimum atomic E-state index is -0.643. The van der Waals surface area contributed by atoms with Gasteiger partial charge in [-0.2, -0.15) is 0 Å². The highest BCUT2D eigenvalue weighted by atomic mass is 16.3. The van der Waals surface area contributed by atoms with Crippen molar-refractivity contribution in [1.29, 1.82) is 0 Å². The van der Waals surface area contributed by atoms with Crippen LogP contribution in [0.25, 0.3) is 0 Å². The quantitative estimate of drug-likeness (QED) is 0.782. The van der Waals surface area contributed by atoms with Crippen LogP contribution < -0.4 is 5.73 Å². The summed E-state index contributed by atoms with van der Waals surface area (Å²) in [6, 6.07) is 0. The first kappa shape index (κ1) is 13.0. The Morgan fingerprint density at radius 2 is 2.22 bits per heavy atom. The molecule has 2 rings (SSSR count). The number of hydrogen-bond donors (Lipinski definition) is 2. The van der Waals surface area contributed by atoms with Gasteiger partial charge in [-0.3, -0.25) is 4.79 Å². The number of nitrogens with two attached hydrogens (primary N) is 1. The lowest BCUT2D eigenvalue weighted by Gasteiger charge is -2.35. The second kappa shape index (κ2) is 5.07. The molecule has 3 N–H and O–H groups in total. The maximum atomic E-state index is 12.2. The fraction of sp³-hybridized carbons (Fsp3) is 0.667. The van der Waals surface area contributed by atoms with Crippen molar-refractivity contribution >= 4 is 5.91 Å². The average molecular weight is 252 g/mol. The first-order valence-corrected chi connectivity index (χ1v) is 6.25. The van der Waals surface area contributed by atoms with E-state index in [1.54, 1.807) is 17.4 Å². The molecule has 0 saturated carbocycles. The van der Waals surface area contributed by atoms with Crippen LogP contribution in [0.5, 0.6) is 0 Å². The van der Waals surface area contributed by atoms with Crippen molar-refractivity contribution in [2.24, 2.45) is 5.73 Å². The van der Waals surface area contributed by atoms with Crippen molar-refractivity contribution in [2.75, 3.05) is 19.6 Å². The molecule has 6 heteroatoms. The number of aliphatic hydroxyl groups is 1. The summed E-state index contributed by atoms with van der Waals surface area (Å²) in [5.74, 6) is -0.0683. The van der Waals surface area contributed by atoms with Gasteiger partial charge in [-0.1, -0.05) is 0 Å². The normalized spacial score (nSPS) is 18.9. The molecule has 0 bridgehead atoms. The van der Waals surface area contributed by atoms with Crippen molar-refractivity contribution in [3.05, 3.63) is 18.2 Å². The Balaban J connectivity index is 1.98. The number of hydrogen-bond acceptors (Lipinski definition) is 4. The van der Waals surface area contributed by atoms with E-state index in [-0.39, 0.29) is 5.91 Å². The SMILES string of the molecule is CC1(O)CCN(C(=O)c2cn(CCN)cn2)CC1. The Morgan fingerprint density at radius 3 is 2.83 bits per heavy atom. The molecule has 0 aliphatic carbocycles. The van der Waals surface area contributed by atoms with Gasteiger partial charge in [0.2, 0.25) is 0 Å². The first-order chi connectivity index (χ1) is 8.52. The van der Waals surface area contributed by atoms with Crippen LogP contribution in [0.3, 0.4) is 0 Å². The molecular formula is C12H20N4O2. The van der Waals surface area contributed by atoms with E-state index in [0.717, 1.165) is 0 Å². The van der Waals surface area contributed by atoms with Gasteiger partial charge in [0.15, 0.2) is 0 Å². The molecule has 1 saturated heterocycles. The van der Waals surface area contributed by atoms with Crippen LogP contribution in [0, 0.1) is 0 Å². The van der Waals surface area contributed by atoms with Crippen LogP contribution in [0.4, 0.5) is 0 Å². The van der Waals surface area contributed by atoms with E-state index in [0.29, 0.717) is 44.7 Å². The van der Waals surface area contributed by atoms with Crippen LogP contribution in [-0.2, 0) is 6.54 Å². The maximum absolute atomic E-state index is 12.2. The number of piperidine rings is 1. The molecule has 6 nitrogen and oxygen atoms in total. The molecule has 0 unspecified atom stereocenters. The van der Waals surface area contributed by atoms with E-state index in [4.69, 9.17) is 5.73 Å². The van der Waals surface area contributed by atoms with Crippen molar-refractivity contribution in [1.82, 2.24) is 14.5 Å². The largest absolute Gasteiger partial charge is 0.390 e. The lowest BCUT2D eigenvalue weighted by molar-refractivity contribution is -0.00218. The van der Waals surface area contributed by atoms with Crippen LogP contribution in [0.1, 0.15) is 30.3 Å². The van der Waals surface area contributed by atoms with Gasteiger partial charge in [-0.15, -0.1) is 0 Å². The van der Waals surface area contributed by atoms with Gasteiger partial charge in [0, 0.05) is 32.4 Å². The highest BCUT2D eigenvalue weighted by molar-refractivity contribution is 5.92. The van der Waals surface area contributed by atoms with Crippen LogP contribution in [-0.4, -0.2) is 50.7 Å². The zero-order valence-electron chi connectivity index (χ0n) is 10.7. The summed E-state index contributed by atoms with van der Waals surface area (Å²) in [5.41, 5.74) is 5.25. The zero-order valence-corrected chi connectivity index (χ0v) is 10.7. The summed E-state index contributed by atoms with van der Waals surface area (Å²) in [5, 5.41) is 9.85. The lowest BCUT2D eigenvalue weighted by Crippen LogP contribution is -2.45. The minimum Gasteiger partial charge on any atom is -0.390 e. The fourth-order valence-corrected chi connectivity index (χ4v) is 2.10. The number of likely N-dealkylation sites (tertiary alicyclic amines) is 1. The second-order valence-corrected chi connectivity index (χ2v) is 5.07. The van der Waals surface area contributed by atoms with E-state index in [1.165, 1.54) is 0 Å². The maximum Gasteiger partial charge on any atom is 0.274 e. The minimum absolute atomic E-state index is 0.0683. The molecule has 1 fully saturated rings. The van der Waals surface area contributed by atoms with E-state index in [9.17, 15) is 9.90 Å². The Labute approximate surface area is 106 Å². The summed E-state index contributed by atoms with van der Waals surface area (Å²) < 4.78 is 1.81. The Morgan fingerprint density at radius 1 is 1.56 bits per heavy atom. The van der Waals surface area contributed by atoms with E-state index >= 15 is 0 Å². The molecule has 0 spiro atoms. The first-order valence-electron chi connectivity index (χ1n) is 6.25. The predicted molar refractivity (Wildman–Crippen MR) is 67.0 cm³/mol. The van der Waals surface area contributed by atoms with Crippen LogP contribution in [0.2, 0.25) is 0 Å². The second-order valence-electron chi connectivity index (χ2n) is 5.07. The molecule has 0 radical (unpaired) electrons. The molecule has 1 aromatic rings. The lowest BCUT2D eigenvalue weighted by atomic mass is 9.94. The summed E-state index contributed by atoms with van der Waals surface area (Å²) >= 11 is 0. The molecule has 100 valence electrons. The number of aromatic nitrogens is 2. The Kier molecular flexibility index (Phi) is 3.68. The molecule has 1 aliphatic rings. The number of rotatable bonds is 3. The standard InChI is InChI=1S/C12H20N4O2/c1-12(18)2-5-16(6-3-12)11(17)10-8-15(7-4-13)9-14-10/h8-9,18H,2-7,13H2,1H3. The molecule has 18 heavy (non-hydrogen) atoms. The van der Waals surface area contributed by atoms with Gasteiger partial charge in [0.1, 0.15) is 5.69 Å². The molecule has 1 aromatic heterocycles. The predicted octanol–water partition coefficient (Wildman–Crippen LogP) is -0.171. The van der Waals surface area contributed by atoms with Gasteiger partial charge >= 0.3 is 0 Å². The molecule has 0 aromatic carbocycles. The van der Waals surface area contributed by atoms with Crippen molar-refractivity contribution in [3.8, 4) is 0 Å². The molecule has 1 aliphatic heterocycles. The monoisotopic (exact) mass is 252 g/mol. The van der Waals surface area contributed by atoms with Crippen molar-refractivity contribution in [2.45, 2.75) is 31.9 Å². The van der Waals surface area contributed by atoms with Gasteiger partial charge in [-0.05, 0) is 19.8 Å². The fourth-order valence-electron chi connectivity index (χ4n) is 2.10. The third kappa shape index (κ3) is 2.88. The molecule has 2 heterocycles. The van der Waals surface area contributed by atoms with E-state index < -0.39 is 5.60 Å². The summed E-state index contributed by atoms with van der Waals surface area (Å²) in [6.07, 6.45) is 4.58. The highest BCUT2D eigenvalue weighted by Crippen LogP contribution is 2.22. The number of carbonyl (C=O) groups excluding carboxylic acids is 1. The van der Waals surface area contributed by atoms with Gasteiger partial charge in [0.25, 0.3) is 5.91 Å². The van der Waals surface area contributed by atoms with Gasteiger partial charge in [-0.25, -0.2) is 4.98 Å². The number of amides is 1. The summed E-state index contributed by atoms with van der Waals surface area (Å²) in [7, 11) is 0. The average Bonchev–Trinajstić information content (AvgIpc) is 2.77. The van der Waals surface area contributed by atoms with Gasteiger partial charge in [0.05, 0.1) is 11.9 Å². The van der Waals surface area contributed by atoms with Crippen molar-refractivity contribution in [3.63, 3.8) is 0 Å². The Bertz CT molecular complexity index is 417. The third-order valence-corrected chi connectivity index (χ3v) is 3.37. The number of carbonyl (C=O) groups is 1. The summed E-state index contributed by atoms with van der Waals surface area (Å²) in [4.78, 5) is 18.0. The molecule has 0 atom stereocenters. The van der Waals surface area contributed by atoms with Gasteiger partial charge < -0.3 is 20.3 Å². The Hall–Kier alpha value is -1.40. The number of imidazole rings is 1. The summed E-state index contributed by atoms with van der Waals surface area (Å²) in [6.45, 7) is 4.15. The van der Waals surface area contributed by atoms with E-state index in [2.05, 4.69) is 4.98 Å². The van der Waals surface area contributed by atoms with Crippen LogP contribution >= 0.6 is 0 Å². The zero-order chi connectivity index (χ0) is 13.2. The van der Waals surface area contributed by atoms with Crippen molar-refractivity contribution < 1.29 is 9.90 Å². The smallest absolute Gasteiger partial charge is 0.274 e. The number of nitrogens with zero attached hydrogens (tertiary/aromatic N) is 3. The van der Waals surface area contributed by atoms with Crippen LogP contribution in [0.15, 0.2) is 12.5 Å². The highest BCUT2D eigenvalue weighted by Gasteiger charge is 2.30. The third-order valence-electron chi connectivity index (χ3n) is 3.37. The molecular weight excluding hydrogens is 232 g/mol.